The number of hydrogen-bond donors (Lipinski definition) is 1. The third-order valence-corrected chi connectivity index (χ3v) is 4.56. The van der Waals surface area contributed by atoms with Gasteiger partial charge in [0.2, 0.25) is 5.95 Å². The van der Waals surface area contributed by atoms with Crippen LogP contribution in [0.15, 0.2) is 60.8 Å². The summed E-state index contributed by atoms with van der Waals surface area (Å²) in [6.07, 6.45) is 1.48. The van der Waals surface area contributed by atoms with E-state index in [0.717, 1.165) is 5.56 Å². The zero-order valence-electron chi connectivity index (χ0n) is 16.9. The molecule has 0 saturated carbocycles. The van der Waals surface area contributed by atoms with Crippen LogP contribution in [0.4, 0.5) is 10.3 Å². The Morgan fingerprint density at radius 3 is 2.45 bits per heavy atom. The van der Waals surface area contributed by atoms with Gasteiger partial charge in [0.25, 0.3) is 5.91 Å². The number of hydrogen-bond acceptors (Lipinski definition) is 4. The number of halogens is 1. The summed E-state index contributed by atoms with van der Waals surface area (Å²) in [7, 11) is 0. The van der Waals surface area contributed by atoms with Crippen LogP contribution in [0.2, 0.25) is 0 Å². The molecule has 0 aliphatic carbocycles. The van der Waals surface area contributed by atoms with Crippen molar-refractivity contribution in [3.63, 3.8) is 0 Å². The molecule has 0 saturated heterocycles. The highest BCUT2D eigenvalue weighted by Gasteiger charge is 2.25. The number of carbonyl (C=O) groups is 1. The van der Waals surface area contributed by atoms with Crippen molar-refractivity contribution >= 4 is 11.9 Å². The highest BCUT2D eigenvalue weighted by Crippen LogP contribution is 2.27. The lowest BCUT2D eigenvalue weighted by Crippen LogP contribution is -2.37. The van der Waals surface area contributed by atoms with Crippen LogP contribution < -0.4 is 5.32 Å². The van der Waals surface area contributed by atoms with E-state index in [1.165, 1.54) is 12.3 Å². The summed E-state index contributed by atoms with van der Waals surface area (Å²) in [4.78, 5) is 23.9. The van der Waals surface area contributed by atoms with Crippen molar-refractivity contribution < 1.29 is 9.18 Å². The molecular formula is C23H25FN4O. The fourth-order valence-corrected chi connectivity index (χ4v) is 3.06. The summed E-state index contributed by atoms with van der Waals surface area (Å²) >= 11 is 0. The number of nitrogens with zero attached hydrogens (tertiary/aromatic N) is 3. The molecular weight excluding hydrogens is 367 g/mol. The smallest absolute Gasteiger partial charge is 0.258 e. The largest absolute Gasteiger partial charge is 0.354 e. The van der Waals surface area contributed by atoms with Gasteiger partial charge in [-0.25, -0.2) is 14.4 Å². The molecule has 3 aromatic rings. The third-order valence-electron chi connectivity index (χ3n) is 4.56. The average molecular weight is 392 g/mol. The number of benzene rings is 2. The molecule has 0 atom stereocenters. The molecule has 0 bridgehead atoms. The number of anilines is 1. The highest BCUT2D eigenvalue weighted by molar-refractivity contribution is 6.00. The number of nitrogens with one attached hydrogen (secondary N) is 1. The van der Waals surface area contributed by atoms with E-state index in [2.05, 4.69) is 15.3 Å². The van der Waals surface area contributed by atoms with Crippen molar-refractivity contribution in [1.82, 2.24) is 14.9 Å². The second-order valence-electron chi connectivity index (χ2n) is 6.98. The summed E-state index contributed by atoms with van der Waals surface area (Å²) in [5.74, 6) is -0.298. The van der Waals surface area contributed by atoms with E-state index >= 15 is 0 Å². The number of rotatable bonds is 7. The summed E-state index contributed by atoms with van der Waals surface area (Å²) in [5.41, 5.74) is 1.87. The Bertz CT molecular complexity index is 976. The van der Waals surface area contributed by atoms with Gasteiger partial charge in [-0.05, 0) is 38.5 Å². The average Bonchev–Trinajstić information content (AvgIpc) is 2.73. The highest BCUT2D eigenvalue weighted by atomic mass is 19.1. The van der Waals surface area contributed by atoms with Crippen LogP contribution in [-0.4, -0.2) is 33.4 Å². The predicted molar refractivity (Wildman–Crippen MR) is 113 cm³/mol. The van der Waals surface area contributed by atoms with E-state index in [0.29, 0.717) is 19.0 Å². The van der Waals surface area contributed by atoms with Crippen LogP contribution in [-0.2, 0) is 6.54 Å². The molecule has 1 heterocycles. The summed E-state index contributed by atoms with van der Waals surface area (Å²) < 4.78 is 14.5. The van der Waals surface area contributed by atoms with Crippen LogP contribution >= 0.6 is 0 Å². The molecule has 0 fully saturated rings. The molecule has 0 unspecified atom stereocenters. The SMILES string of the molecule is CCNc1ncc(C(=O)N(Cc2ccccc2)C(C)C)c(-c2ccccc2F)n1. The van der Waals surface area contributed by atoms with Gasteiger partial charge in [-0.1, -0.05) is 42.5 Å². The molecule has 0 spiro atoms. The molecule has 1 aromatic heterocycles. The summed E-state index contributed by atoms with van der Waals surface area (Å²) in [6.45, 7) is 6.90. The van der Waals surface area contributed by atoms with Crippen molar-refractivity contribution in [3.05, 3.63) is 77.7 Å². The van der Waals surface area contributed by atoms with E-state index in [9.17, 15) is 9.18 Å². The van der Waals surface area contributed by atoms with Crippen LogP contribution in [0.1, 0.15) is 36.7 Å². The zero-order chi connectivity index (χ0) is 20.8. The molecule has 5 nitrogen and oxygen atoms in total. The lowest BCUT2D eigenvalue weighted by Gasteiger charge is -2.27. The normalized spacial score (nSPS) is 10.8. The topological polar surface area (TPSA) is 58.1 Å². The Morgan fingerprint density at radius 2 is 1.79 bits per heavy atom. The van der Waals surface area contributed by atoms with E-state index in [1.54, 1.807) is 23.1 Å². The second-order valence-corrected chi connectivity index (χ2v) is 6.98. The molecule has 150 valence electrons. The molecule has 0 aliphatic rings. The second kappa shape index (κ2) is 9.28. The molecule has 0 radical (unpaired) electrons. The zero-order valence-corrected chi connectivity index (χ0v) is 16.9. The van der Waals surface area contributed by atoms with Gasteiger partial charge in [0.05, 0.1) is 11.3 Å². The number of aromatic nitrogens is 2. The molecule has 29 heavy (non-hydrogen) atoms. The molecule has 1 amide bonds. The fourth-order valence-electron chi connectivity index (χ4n) is 3.06. The van der Waals surface area contributed by atoms with Crippen molar-refractivity contribution in [2.75, 3.05) is 11.9 Å². The first-order valence-electron chi connectivity index (χ1n) is 9.72. The molecule has 0 aliphatic heterocycles. The van der Waals surface area contributed by atoms with Crippen LogP contribution in [0.5, 0.6) is 0 Å². The quantitative estimate of drug-likeness (QED) is 0.629. The monoisotopic (exact) mass is 392 g/mol. The minimum Gasteiger partial charge on any atom is -0.354 e. The Morgan fingerprint density at radius 1 is 1.10 bits per heavy atom. The standard InChI is InChI=1S/C23H25FN4O/c1-4-25-23-26-14-19(21(27-23)18-12-8-9-13-20(18)24)22(29)28(16(2)3)15-17-10-6-5-7-11-17/h5-14,16H,4,15H2,1-3H3,(H,25,26,27). The molecule has 1 N–H and O–H groups in total. The van der Waals surface area contributed by atoms with Gasteiger partial charge in [-0.2, -0.15) is 0 Å². The predicted octanol–water partition coefficient (Wildman–Crippen LogP) is 4.77. The van der Waals surface area contributed by atoms with Gasteiger partial charge < -0.3 is 10.2 Å². The van der Waals surface area contributed by atoms with E-state index in [-0.39, 0.29) is 28.8 Å². The first-order chi connectivity index (χ1) is 14.0. The molecule has 6 heteroatoms. The maximum Gasteiger partial charge on any atom is 0.258 e. The minimum atomic E-state index is -0.429. The van der Waals surface area contributed by atoms with Crippen LogP contribution in [0.3, 0.4) is 0 Å². The van der Waals surface area contributed by atoms with Gasteiger partial charge in [0, 0.05) is 30.9 Å². The fraction of sp³-hybridized carbons (Fsp3) is 0.261. The third kappa shape index (κ3) is 4.77. The van der Waals surface area contributed by atoms with Gasteiger partial charge in [0.1, 0.15) is 5.82 Å². The summed E-state index contributed by atoms with van der Waals surface area (Å²) in [5, 5.41) is 3.03. The minimum absolute atomic E-state index is 0.0513. The molecule has 3 rings (SSSR count). The Hall–Kier alpha value is -3.28. The van der Waals surface area contributed by atoms with Crippen LogP contribution in [0, 0.1) is 5.82 Å². The van der Waals surface area contributed by atoms with Crippen LogP contribution in [0.25, 0.3) is 11.3 Å². The van der Waals surface area contributed by atoms with Gasteiger partial charge in [-0.15, -0.1) is 0 Å². The van der Waals surface area contributed by atoms with E-state index in [1.807, 2.05) is 51.1 Å². The van der Waals surface area contributed by atoms with Crippen molar-refractivity contribution in [2.45, 2.75) is 33.4 Å². The van der Waals surface area contributed by atoms with E-state index < -0.39 is 5.82 Å². The van der Waals surface area contributed by atoms with E-state index in [4.69, 9.17) is 0 Å². The first-order valence-corrected chi connectivity index (χ1v) is 9.72. The summed E-state index contributed by atoms with van der Waals surface area (Å²) in [6, 6.07) is 16.1. The number of carbonyl (C=O) groups excluding carboxylic acids is 1. The van der Waals surface area contributed by atoms with Crippen molar-refractivity contribution in [2.24, 2.45) is 0 Å². The van der Waals surface area contributed by atoms with Gasteiger partial charge in [-0.3, -0.25) is 4.79 Å². The maximum absolute atomic E-state index is 14.5. The Labute approximate surface area is 170 Å². The Kier molecular flexibility index (Phi) is 6.54. The lowest BCUT2D eigenvalue weighted by molar-refractivity contribution is 0.0690. The van der Waals surface area contributed by atoms with Crippen molar-refractivity contribution in [1.29, 1.82) is 0 Å². The Balaban J connectivity index is 2.05. The van der Waals surface area contributed by atoms with Gasteiger partial charge >= 0.3 is 0 Å². The van der Waals surface area contributed by atoms with Gasteiger partial charge in [0.15, 0.2) is 0 Å². The maximum atomic E-state index is 14.5. The van der Waals surface area contributed by atoms with Crippen molar-refractivity contribution in [3.8, 4) is 11.3 Å². The number of amides is 1. The first kappa shape index (κ1) is 20.5. The lowest BCUT2D eigenvalue weighted by atomic mass is 10.0. The molecule has 2 aromatic carbocycles.